The summed E-state index contributed by atoms with van der Waals surface area (Å²) in [5, 5.41) is 10.1. The normalized spacial score (nSPS) is 13.2. The van der Waals surface area contributed by atoms with Gasteiger partial charge in [0.1, 0.15) is 11.1 Å². The first-order chi connectivity index (χ1) is 11.6. The fourth-order valence-electron chi connectivity index (χ4n) is 3.14. The van der Waals surface area contributed by atoms with Gasteiger partial charge in [-0.15, -0.1) is 0 Å². The van der Waals surface area contributed by atoms with Crippen molar-refractivity contribution in [3.63, 3.8) is 0 Å². The number of benzene rings is 1. The molecule has 0 atom stereocenters. The van der Waals surface area contributed by atoms with Crippen LogP contribution in [0.3, 0.4) is 0 Å². The molecule has 3 nitrogen and oxygen atoms in total. The van der Waals surface area contributed by atoms with Gasteiger partial charge in [0.2, 0.25) is 0 Å². The molecule has 1 aliphatic carbocycles. The van der Waals surface area contributed by atoms with E-state index < -0.39 is 0 Å². The first kappa shape index (κ1) is 16.7. The van der Waals surface area contributed by atoms with Crippen molar-refractivity contribution in [2.45, 2.75) is 44.6 Å². The maximum absolute atomic E-state index is 12.5. The van der Waals surface area contributed by atoms with E-state index in [1.165, 1.54) is 17.3 Å². The van der Waals surface area contributed by atoms with Crippen molar-refractivity contribution in [2.75, 3.05) is 5.75 Å². The number of aryl methyl sites for hydroxylation is 4. The Labute approximate surface area is 147 Å². The van der Waals surface area contributed by atoms with Crippen LogP contribution in [0.25, 0.3) is 0 Å². The SMILES string of the molecule is Cc1ccc(C(=O)CSc2nc3c(cc2C#N)CCCC3)c(C)c1. The summed E-state index contributed by atoms with van der Waals surface area (Å²) in [7, 11) is 0. The van der Waals surface area contributed by atoms with Gasteiger partial charge < -0.3 is 0 Å². The average molecular weight is 336 g/mol. The van der Waals surface area contributed by atoms with Gasteiger partial charge in [-0.25, -0.2) is 4.98 Å². The molecule has 24 heavy (non-hydrogen) atoms. The Balaban J connectivity index is 1.79. The van der Waals surface area contributed by atoms with Crippen LogP contribution in [0.1, 0.15) is 51.1 Å². The number of thioether (sulfide) groups is 1. The van der Waals surface area contributed by atoms with Gasteiger partial charge in [-0.1, -0.05) is 35.5 Å². The Morgan fingerprint density at radius 2 is 2.04 bits per heavy atom. The van der Waals surface area contributed by atoms with Crippen LogP contribution >= 0.6 is 11.8 Å². The van der Waals surface area contributed by atoms with E-state index in [0.717, 1.165) is 48.1 Å². The first-order valence-corrected chi connectivity index (χ1v) is 9.23. The number of nitriles is 1. The highest BCUT2D eigenvalue weighted by Gasteiger charge is 2.17. The van der Waals surface area contributed by atoms with E-state index in [9.17, 15) is 10.1 Å². The summed E-state index contributed by atoms with van der Waals surface area (Å²) in [5.41, 5.74) is 5.79. The minimum absolute atomic E-state index is 0.0842. The summed E-state index contributed by atoms with van der Waals surface area (Å²) in [5.74, 6) is 0.394. The van der Waals surface area contributed by atoms with Crippen LogP contribution in [0, 0.1) is 25.2 Å². The second-order valence-electron chi connectivity index (χ2n) is 6.30. The number of nitrogens with zero attached hydrogens (tertiary/aromatic N) is 2. The minimum Gasteiger partial charge on any atom is -0.293 e. The molecule has 1 heterocycles. The molecule has 4 heteroatoms. The highest BCUT2D eigenvalue weighted by molar-refractivity contribution is 8.00. The fraction of sp³-hybridized carbons (Fsp3) is 0.350. The second kappa shape index (κ2) is 7.19. The molecule has 0 saturated heterocycles. The Bertz CT molecular complexity index is 836. The van der Waals surface area contributed by atoms with Crippen LogP contribution in [-0.4, -0.2) is 16.5 Å². The Hall–Kier alpha value is -2.12. The molecule has 0 spiro atoms. The van der Waals surface area contributed by atoms with Crippen LogP contribution < -0.4 is 0 Å². The van der Waals surface area contributed by atoms with Crippen molar-refractivity contribution < 1.29 is 4.79 Å². The van der Waals surface area contributed by atoms with Crippen molar-refractivity contribution in [3.8, 4) is 6.07 Å². The zero-order valence-electron chi connectivity index (χ0n) is 14.1. The van der Waals surface area contributed by atoms with E-state index in [2.05, 4.69) is 11.1 Å². The molecule has 0 N–H and O–H groups in total. The van der Waals surface area contributed by atoms with E-state index in [4.69, 9.17) is 0 Å². The molecule has 0 radical (unpaired) electrons. The van der Waals surface area contributed by atoms with Gasteiger partial charge in [0, 0.05) is 11.3 Å². The van der Waals surface area contributed by atoms with Crippen LogP contribution in [0.2, 0.25) is 0 Å². The number of hydrogen-bond acceptors (Lipinski definition) is 4. The van der Waals surface area contributed by atoms with Crippen molar-refractivity contribution in [1.29, 1.82) is 5.26 Å². The number of pyridine rings is 1. The Morgan fingerprint density at radius 1 is 1.25 bits per heavy atom. The summed E-state index contributed by atoms with van der Waals surface area (Å²) in [6, 6.07) is 10.1. The number of hydrogen-bond donors (Lipinski definition) is 0. The molecule has 0 aliphatic heterocycles. The number of aromatic nitrogens is 1. The monoisotopic (exact) mass is 336 g/mol. The first-order valence-electron chi connectivity index (χ1n) is 8.24. The second-order valence-corrected chi connectivity index (χ2v) is 7.26. The van der Waals surface area contributed by atoms with E-state index in [1.807, 2.05) is 38.1 Å². The van der Waals surface area contributed by atoms with Crippen LogP contribution in [0.5, 0.6) is 0 Å². The van der Waals surface area contributed by atoms with Crippen molar-refractivity contribution in [1.82, 2.24) is 4.98 Å². The van der Waals surface area contributed by atoms with Crippen molar-refractivity contribution in [2.24, 2.45) is 0 Å². The maximum atomic E-state index is 12.5. The molecule has 1 aromatic carbocycles. The molecule has 0 bridgehead atoms. The van der Waals surface area contributed by atoms with Gasteiger partial charge in [-0.05, 0) is 56.7 Å². The highest BCUT2D eigenvalue weighted by atomic mass is 32.2. The molecule has 0 unspecified atom stereocenters. The van der Waals surface area contributed by atoms with E-state index >= 15 is 0 Å². The molecule has 3 rings (SSSR count). The standard InChI is InChI=1S/C20H20N2OS/c1-13-7-8-17(14(2)9-13)19(23)12-24-20-16(11-21)10-15-5-3-4-6-18(15)22-20/h7-10H,3-6,12H2,1-2H3. The third kappa shape index (κ3) is 3.52. The number of carbonyl (C=O) groups is 1. The van der Waals surface area contributed by atoms with E-state index in [1.54, 1.807) is 0 Å². The van der Waals surface area contributed by atoms with Crippen LogP contribution in [0.15, 0.2) is 29.3 Å². The van der Waals surface area contributed by atoms with Crippen LogP contribution in [0.4, 0.5) is 0 Å². The molecule has 1 aliphatic rings. The van der Waals surface area contributed by atoms with Crippen LogP contribution in [-0.2, 0) is 12.8 Å². The van der Waals surface area contributed by atoms with Gasteiger partial charge >= 0.3 is 0 Å². The van der Waals surface area contributed by atoms with Gasteiger partial charge in [-0.2, -0.15) is 5.26 Å². The predicted octanol–water partition coefficient (Wildman–Crippen LogP) is 4.42. The Morgan fingerprint density at radius 3 is 2.79 bits per heavy atom. The number of Topliss-reactive ketones (excluding diaryl/α,β-unsaturated/α-hetero) is 1. The molecule has 0 fully saturated rings. The molecule has 2 aromatic rings. The highest BCUT2D eigenvalue weighted by Crippen LogP contribution is 2.28. The Kier molecular flexibility index (Phi) is 5.01. The van der Waals surface area contributed by atoms with Gasteiger partial charge in [-0.3, -0.25) is 4.79 Å². The smallest absolute Gasteiger partial charge is 0.173 e. The van der Waals surface area contributed by atoms with E-state index in [-0.39, 0.29) is 5.78 Å². The quantitative estimate of drug-likeness (QED) is 0.612. The fourth-order valence-corrected chi connectivity index (χ4v) is 4.00. The maximum Gasteiger partial charge on any atom is 0.173 e. The lowest BCUT2D eigenvalue weighted by molar-refractivity contribution is 0.102. The lowest BCUT2D eigenvalue weighted by Crippen LogP contribution is -2.09. The molecule has 122 valence electrons. The summed E-state index contributed by atoms with van der Waals surface area (Å²) < 4.78 is 0. The molecule has 1 aromatic heterocycles. The molecule has 0 amide bonds. The topological polar surface area (TPSA) is 53.8 Å². The summed E-state index contributed by atoms with van der Waals surface area (Å²) in [4.78, 5) is 17.2. The zero-order chi connectivity index (χ0) is 17.1. The van der Waals surface area contributed by atoms with Crippen molar-refractivity contribution in [3.05, 3.63) is 57.8 Å². The number of rotatable bonds is 4. The number of fused-ring (bicyclic) bond motifs is 1. The minimum atomic E-state index is 0.0842. The lowest BCUT2D eigenvalue weighted by Gasteiger charge is -2.16. The third-order valence-corrected chi connectivity index (χ3v) is 5.40. The van der Waals surface area contributed by atoms with Gasteiger partial charge in [0.15, 0.2) is 5.78 Å². The largest absolute Gasteiger partial charge is 0.293 e. The molecular weight excluding hydrogens is 316 g/mol. The summed E-state index contributed by atoms with van der Waals surface area (Å²) >= 11 is 1.38. The predicted molar refractivity (Wildman–Crippen MR) is 96.6 cm³/mol. The van der Waals surface area contributed by atoms with Gasteiger partial charge in [0.25, 0.3) is 0 Å². The summed E-state index contributed by atoms with van der Waals surface area (Å²) in [6.45, 7) is 3.98. The average Bonchev–Trinajstić information content (AvgIpc) is 2.58. The third-order valence-electron chi connectivity index (χ3n) is 4.41. The van der Waals surface area contributed by atoms with E-state index in [0.29, 0.717) is 16.3 Å². The number of carbonyl (C=O) groups excluding carboxylic acids is 1. The number of ketones is 1. The molecular formula is C20H20N2OS. The summed E-state index contributed by atoms with van der Waals surface area (Å²) in [6.07, 6.45) is 4.29. The molecule has 0 saturated carbocycles. The van der Waals surface area contributed by atoms with Gasteiger partial charge in [0.05, 0.1) is 11.3 Å². The van der Waals surface area contributed by atoms with Crippen molar-refractivity contribution >= 4 is 17.5 Å². The lowest BCUT2D eigenvalue weighted by atomic mass is 9.95. The zero-order valence-corrected chi connectivity index (χ0v) is 14.9.